The van der Waals surface area contributed by atoms with Crippen molar-refractivity contribution in [2.75, 3.05) is 10.6 Å². The van der Waals surface area contributed by atoms with Crippen LogP contribution in [0.2, 0.25) is 10.0 Å². The summed E-state index contributed by atoms with van der Waals surface area (Å²) in [6.45, 7) is 0.500. The third kappa shape index (κ3) is 4.07. The SMILES string of the molecule is O=C(Nc1cc(Cl)ccc1Cl)c1cncc(NCc2ccco2)c1. The zero-order valence-corrected chi connectivity index (χ0v) is 13.9. The third-order valence-electron chi connectivity index (χ3n) is 3.22. The van der Waals surface area contributed by atoms with E-state index in [9.17, 15) is 4.79 Å². The number of nitrogens with zero attached hydrogens (tertiary/aromatic N) is 1. The van der Waals surface area contributed by atoms with Crippen LogP contribution in [0.3, 0.4) is 0 Å². The van der Waals surface area contributed by atoms with E-state index in [1.54, 1.807) is 36.7 Å². The molecule has 2 N–H and O–H groups in total. The highest BCUT2D eigenvalue weighted by atomic mass is 35.5. The highest BCUT2D eigenvalue weighted by Crippen LogP contribution is 2.26. The Hall–Kier alpha value is -2.50. The lowest BCUT2D eigenvalue weighted by molar-refractivity contribution is 0.102. The number of rotatable bonds is 5. The summed E-state index contributed by atoms with van der Waals surface area (Å²) >= 11 is 12.0. The van der Waals surface area contributed by atoms with Gasteiger partial charge >= 0.3 is 0 Å². The second kappa shape index (κ2) is 7.38. The van der Waals surface area contributed by atoms with Crippen LogP contribution in [0.4, 0.5) is 11.4 Å². The Morgan fingerprint density at radius 2 is 2.04 bits per heavy atom. The Morgan fingerprint density at radius 1 is 1.17 bits per heavy atom. The maximum atomic E-state index is 12.4. The number of carbonyl (C=O) groups is 1. The summed E-state index contributed by atoms with van der Waals surface area (Å²) in [5, 5.41) is 6.76. The fraction of sp³-hybridized carbons (Fsp3) is 0.0588. The van der Waals surface area contributed by atoms with E-state index in [0.717, 1.165) is 5.76 Å². The van der Waals surface area contributed by atoms with Gasteiger partial charge in [0.15, 0.2) is 0 Å². The van der Waals surface area contributed by atoms with Crippen LogP contribution in [0.25, 0.3) is 0 Å². The van der Waals surface area contributed by atoms with E-state index >= 15 is 0 Å². The van der Waals surface area contributed by atoms with Crippen molar-refractivity contribution >= 4 is 40.5 Å². The molecule has 2 heterocycles. The molecule has 5 nitrogen and oxygen atoms in total. The quantitative estimate of drug-likeness (QED) is 0.681. The Balaban J connectivity index is 1.70. The van der Waals surface area contributed by atoms with E-state index in [1.165, 1.54) is 6.20 Å². The summed E-state index contributed by atoms with van der Waals surface area (Å²) in [7, 11) is 0. The number of carbonyl (C=O) groups excluding carboxylic acids is 1. The Bertz CT molecular complexity index is 851. The van der Waals surface area contributed by atoms with Crippen LogP contribution in [-0.2, 0) is 6.54 Å². The smallest absolute Gasteiger partial charge is 0.257 e. The standard InChI is InChI=1S/C17H13Cl2N3O2/c18-12-3-4-15(19)16(7-12)22-17(23)11-6-13(9-20-8-11)21-10-14-2-1-5-24-14/h1-9,21H,10H2,(H,22,23). The van der Waals surface area contributed by atoms with Crippen LogP contribution in [0.5, 0.6) is 0 Å². The van der Waals surface area contributed by atoms with Gasteiger partial charge in [-0.2, -0.15) is 0 Å². The minimum atomic E-state index is -0.326. The monoisotopic (exact) mass is 361 g/mol. The Morgan fingerprint density at radius 3 is 2.83 bits per heavy atom. The first-order valence-electron chi connectivity index (χ1n) is 7.09. The molecule has 0 bridgehead atoms. The molecule has 0 aliphatic heterocycles. The molecule has 0 saturated carbocycles. The molecule has 122 valence electrons. The number of benzene rings is 1. The van der Waals surface area contributed by atoms with Crippen LogP contribution < -0.4 is 10.6 Å². The van der Waals surface area contributed by atoms with Gasteiger partial charge in [-0.05, 0) is 36.4 Å². The van der Waals surface area contributed by atoms with E-state index in [2.05, 4.69) is 15.6 Å². The molecule has 1 amide bonds. The van der Waals surface area contributed by atoms with Crippen LogP contribution in [0.15, 0.2) is 59.5 Å². The molecule has 0 unspecified atom stereocenters. The lowest BCUT2D eigenvalue weighted by atomic mass is 10.2. The van der Waals surface area contributed by atoms with Gasteiger partial charge in [0.1, 0.15) is 5.76 Å². The van der Waals surface area contributed by atoms with Crippen molar-refractivity contribution in [3.05, 3.63) is 76.4 Å². The number of furan rings is 1. The molecule has 0 aliphatic rings. The molecule has 0 fully saturated rings. The molecule has 1 aromatic carbocycles. The summed E-state index contributed by atoms with van der Waals surface area (Å²) in [6.07, 6.45) is 4.71. The van der Waals surface area contributed by atoms with E-state index in [0.29, 0.717) is 33.5 Å². The van der Waals surface area contributed by atoms with Crippen LogP contribution in [0.1, 0.15) is 16.1 Å². The minimum absolute atomic E-state index is 0.326. The van der Waals surface area contributed by atoms with Crippen LogP contribution in [-0.4, -0.2) is 10.9 Å². The minimum Gasteiger partial charge on any atom is -0.467 e. The van der Waals surface area contributed by atoms with Crippen molar-refractivity contribution in [2.45, 2.75) is 6.54 Å². The van der Waals surface area contributed by atoms with Crippen molar-refractivity contribution in [3.8, 4) is 0 Å². The molecule has 3 rings (SSSR count). The number of anilines is 2. The van der Waals surface area contributed by atoms with Gasteiger partial charge in [0, 0.05) is 17.4 Å². The number of nitrogens with one attached hydrogen (secondary N) is 2. The van der Waals surface area contributed by atoms with Crippen LogP contribution in [0, 0.1) is 0 Å². The largest absolute Gasteiger partial charge is 0.467 e. The number of hydrogen-bond acceptors (Lipinski definition) is 4. The summed E-state index contributed by atoms with van der Waals surface area (Å²) in [4.78, 5) is 16.4. The second-order valence-electron chi connectivity index (χ2n) is 4.97. The summed E-state index contributed by atoms with van der Waals surface area (Å²) in [6, 6.07) is 10.2. The number of pyridine rings is 1. The second-order valence-corrected chi connectivity index (χ2v) is 5.82. The first kappa shape index (κ1) is 16.4. The average molecular weight is 362 g/mol. The number of amides is 1. The highest BCUT2D eigenvalue weighted by molar-refractivity contribution is 6.35. The van der Waals surface area contributed by atoms with Crippen molar-refractivity contribution < 1.29 is 9.21 Å². The van der Waals surface area contributed by atoms with Gasteiger partial charge in [-0.25, -0.2) is 0 Å². The highest BCUT2D eigenvalue weighted by Gasteiger charge is 2.10. The molecule has 0 atom stereocenters. The lowest BCUT2D eigenvalue weighted by Gasteiger charge is -2.09. The van der Waals surface area contributed by atoms with E-state index in [4.69, 9.17) is 27.6 Å². The third-order valence-corrected chi connectivity index (χ3v) is 3.79. The fourth-order valence-electron chi connectivity index (χ4n) is 2.05. The molecule has 0 radical (unpaired) electrons. The molecule has 7 heteroatoms. The van der Waals surface area contributed by atoms with E-state index in [1.807, 2.05) is 12.1 Å². The summed E-state index contributed by atoms with van der Waals surface area (Å²) < 4.78 is 5.25. The van der Waals surface area contributed by atoms with Gasteiger partial charge < -0.3 is 15.1 Å². The maximum Gasteiger partial charge on any atom is 0.257 e. The zero-order chi connectivity index (χ0) is 16.9. The summed E-state index contributed by atoms with van der Waals surface area (Å²) in [5.74, 6) is 0.462. The van der Waals surface area contributed by atoms with Crippen molar-refractivity contribution in [1.82, 2.24) is 4.98 Å². The molecule has 0 aliphatic carbocycles. The topological polar surface area (TPSA) is 67.2 Å². The number of halogens is 2. The predicted molar refractivity (Wildman–Crippen MR) is 94.7 cm³/mol. The van der Waals surface area contributed by atoms with Crippen molar-refractivity contribution in [1.29, 1.82) is 0 Å². The van der Waals surface area contributed by atoms with Crippen molar-refractivity contribution in [2.24, 2.45) is 0 Å². The molecule has 2 aromatic heterocycles. The van der Waals surface area contributed by atoms with Crippen molar-refractivity contribution in [3.63, 3.8) is 0 Å². The number of aromatic nitrogens is 1. The van der Waals surface area contributed by atoms with Gasteiger partial charge in [0.05, 0.1) is 34.8 Å². The van der Waals surface area contributed by atoms with Gasteiger partial charge in [-0.3, -0.25) is 9.78 Å². The molecule has 24 heavy (non-hydrogen) atoms. The van der Waals surface area contributed by atoms with Gasteiger partial charge in [0.2, 0.25) is 0 Å². The maximum absolute atomic E-state index is 12.4. The first-order valence-corrected chi connectivity index (χ1v) is 7.85. The normalized spacial score (nSPS) is 10.4. The first-order chi connectivity index (χ1) is 11.6. The number of hydrogen-bond donors (Lipinski definition) is 2. The lowest BCUT2D eigenvalue weighted by Crippen LogP contribution is -2.13. The molecular weight excluding hydrogens is 349 g/mol. The Labute approximate surface area is 148 Å². The molecule has 0 spiro atoms. The molecular formula is C17H13Cl2N3O2. The van der Waals surface area contributed by atoms with Gasteiger partial charge in [-0.1, -0.05) is 23.2 Å². The fourth-order valence-corrected chi connectivity index (χ4v) is 2.39. The predicted octanol–water partition coefficient (Wildman–Crippen LogP) is 4.85. The van der Waals surface area contributed by atoms with Gasteiger partial charge in [0.25, 0.3) is 5.91 Å². The summed E-state index contributed by atoms with van der Waals surface area (Å²) in [5.41, 5.74) is 1.55. The van der Waals surface area contributed by atoms with Crippen LogP contribution >= 0.6 is 23.2 Å². The Kier molecular flexibility index (Phi) is 5.03. The average Bonchev–Trinajstić information content (AvgIpc) is 3.10. The van der Waals surface area contributed by atoms with E-state index in [-0.39, 0.29) is 5.91 Å². The zero-order valence-electron chi connectivity index (χ0n) is 12.4. The molecule has 0 saturated heterocycles. The van der Waals surface area contributed by atoms with Gasteiger partial charge in [-0.15, -0.1) is 0 Å². The molecule has 3 aromatic rings. The van der Waals surface area contributed by atoms with E-state index < -0.39 is 0 Å².